The van der Waals surface area contributed by atoms with Gasteiger partial charge in [-0.05, 0) is 67.6 Å². The van der Waals surface area contributed by atoms with Crippen molar-refractivity contribution in [1.29, 1.82) is 0 Å². The highest BCUT2D eigenvalue weighted by molar-refractivity contribution is 8.00. The summed E-state index contributed by atoms with van der Waals surface area (Å²) in [6, 6.07) is 26.6. The molecule has 0 atom stereocenters. The number of anilines is 2. The Morgan fingerprint density at radius 3 is 2.52 bits per heavy atom. The number of thiazole rings is 1. The van der Waals surface area contributed by atoms with Crippen LogP contribution in [-0.2, 0) is 9.59 Å². The summed E-state index contributed by atoms with van der Waals surface area (Å²) in [6.07, 6.45) is 1.26. The fraction of sp³-hybridized carbons (Fsp3) is 0.0909. The van der Waals surface area contributed by atoms with Crippen LogP contribution in [0.25, 0.3) is 16.3 Å². The van der Waals surface area contributed by atoms with Gasteiger partial charge in [0.2, 0.25) is 5.91 Å². The maximum atomic E-state index is 13.4. The van der Waals surface area contributed by atoms with Crippen LogP contribution in [0, 0.1) is 10.1 Å². The molecule has 232 valence electrons. The van der Waals surface area contributed by atoms with Crippen molar-refractivity contribution < 1.29 is 24.0 Å². The number of para-hydroxylation sites is 1. The number of nitrogens with zero attached hydrogens (tertiary/aromatic N) is 2. The predicted molar refractivity (Wildman–Crippen MR) is 180 cm³/mol. The lowest BCUT2D eigenvalue weighted by Crippen LogP contribution is -2.30. The first kappa shape index (κ1) is 31.9. The topological polar surface area (TPSA) is 153 Å². The molecule has 5 aromatic rings. The summed E-state index contributed by atoms with van der Waals surface area (Å²) < 4.78 is 6.43. The summed E-state index contributed by atoms with van der Waals surface area (Å²) in [5.74, 6) is -0.666. The van der Waals surface area contributed by atoms with Crippen LogP contribution in [-0.4, -0.2) is 40.0 Å². The highest BCUT2D eigenvalue weighted by atomic mass is 32.2. The van der Waals surface area contributed by atoms with Gasteiger partial charge in [0.05, 0.1) is 33.1 Å². The van der Waals surface area contributed by atoms with E-state index in [-0.39, 0.29) is 28.6 Å². The molecule has 3 amide bonds. The Bertz CT molecular complexity index is 1940. The Labute approximate surface area is 271 Å². The number of ether oxygens (including phenoxy) is 1. The van der Waals surface area contributed by atoms with Gasteiger partial charge in [-0.15, -0.1) is 11.8 Å². The molecule has 11 nitrogen and oxygen atoms in total. The van der Waals surface area contributed by atoms with Gasteiger partial charge in [0.25, 0.3) is 17.5 Å². The number of hydrogen-bond acceptors (Lipinski definition) is 9. The molecule has 0 aliphatic heterocycles. The molecule has 0 saturated heterocycles. The number of nitro groups is 1. The first-order chi connectivity index (χ1) is 22.3. The molecule has 0 unspecified atom stereocenters. The van der Waals surface area contributed by atoms with Crippen molar-refractivity contribution in [2.45, 2.75) is 11.8 Å². The number of carbonyl (C=O) groups is 3. The minimum absolute atomic E-state index is 0.0908. The molecule has 0 fully saturated rings. The van der Waals surface area contributed by atoms with E-state index in [4.69, 9.17) is 4.74 Å². The summed E-state index contributed by atoms with van der Waals surface area (Å²) in [5, 5.41) is 20.2. The number of aromatic nitrogens is 1. The molecule has 1 aromatic heterocycles. The Balaban J connectivity index is 1.27. The van der Waals surface area contributed by atoms with Crippen LogP contribution in [0.4, 0.5) is 16.5 Å². The molecule has 0 radical (unpaired) electrons. The van der Waals surface area contributed by atoms with Crippen LogP contribution in [0.1, 0.15) is 22.8 Å². The van der Waals surface area contributed by atoms with Crippen molar-refractivity contribution in [2.75, 3.05) is 23.0 Å². The lowest BCUT2D eigenvalue weighted by atomic mass is 10.1. The van der Waals surface area contributed by atoms with E-state index in [0.717, 1.165) is 16.0 Å². The first-order valence-electron chi connectivity index (χ1n) is 14.0. The average Bonchev–Trinajstić information content (AvgIpc) is 3.45. The summed E-state index contributed by atoms with van der Waals surface area (Å²) in [6.45, 7) is 2.46. The summed E-state index contributed by atoms with van der Waals surface area (Å²) in [5.41, 5.74) is 1.19. The van der Waals surface area contributed by atoms with Gasteiger partial charge in [-0.2, -0.15) is 0 Å². The van der Waals surface area contributed by atoms with Crippen LogP contribution < -0.4 is 20.7 Å². The number of amides is 3. The van der Waals surface area contributed by atoms with E-state index < -0.39 is 16.7 Å². The van der Waals surface area contributed by atoms with Gasteiger partial charge in [0.1, 0.15) is 11.4 Å². The highest BCUT2D eigenvalue weighted by Crippen LogP contribution is 2.30. The Kier molecular flexibility index (Phi) is 10.4. The monoisotopic (exact) mass is 653 g/mol. The van der Waals surface area contributed by atoms with Crippen LogP contribution >= 0.6 is 23.1 Å². The second-order valence-corrected chi connectivity index (χ2v) is 11.7. The molecule has 5 rings (SSSR count). The third-order valence-corrected chi connectivity index (χ3v) is 8.27. The second kappa shape index (κ2) is 15.0. The molecule has 0 bridgehead atoms. The molecule has 0 spiro atoms. The number of benzene rings is 4. The SMILES string of the molecule is CCOc1ccc2nc(NC(=O)CSc3cccc(NC(=O)/C(=C\c4ccccc4[N+](=O)[O-])NC(=O)c4ccccc4)c3)sc2c1. The van der Waals surface area contributed by atoms with Crippen LogP contribution in [0.2, 0.25) is 0 Å². The fourth-order valence-electron chi connectivity index (χ4n) is 4.25. The second-order valence-electron chi connectivity index (χ2n) is 9.59. The number of fused-ring (bicyclic) bond motifs is 1. The Morgan fingerprint density at radius 1 is 0.957 bits per heavy atom. The third-order valence-electron chi connectivity index (χ3n) is 6.34. The number of nitro benzene ring substituents is 1. The van der Waals surface area contributed by atoms with Crippen LogP contribution in [0.3, 0.4) is 0 Å². The first-order valence-corrected chi connectivity index (χ1v) is 15.8. The zero-order valence-corrected chi connectivity index (χ0v) is 26.0. The smallest absolute Gasteiger partial charge is 0.276 e. The van der Waals surface area contributed by atoms with Crippen molar-refractivity contribution in [3.63, 3.8) is 0 Å². The van der Waals surface area contributed by atoms with E-state index in [0.29, 0.717) is 27.9 Å². The van der Waals surface area contributed by atoms with Crippen LogP contribution in [0.15, 0.2) is 108 Å². The Morgan fingerprint density at radius 2 is 1.74 bits per heavy atom. The largest absolute Gasteiger partial charge is 0.494 e. The predicted octanol–water partition coefficient (Wildman–Crippen LogP) is 6.74. The van der Waals surface area contributed by atoms with Crippen molar-refractivity contribution in [2.24, 2.45) is 0 Å². The number of nitrogens with one attached hydrogen (secondary N) is 3. The highest BCUT2D eigenvalue weighted by Gasteiger charge is 2.19. The maximum absolute atomic E-state index is 13.4. The molecule has 0 aliphatic rings. The van der Waals surface area contributed by atoms with E-state index in [1.165, 1.54) is 47.4 Å². The summed E-state index contributed by atoms with van der Waals surface area (Å²) in [7, 11) is 0. The van der Waals surface area contributed by atoms with Crippen molar-refractivity contribution in [3.8, 4) is 5.75 Å². The van der Waals surface area contributed by atoms with Gasteiger partial charge in [-0.25, -0.2) is 4.98 Å². The van der Waals surface area contributed by atoms with E-state index in [9.17, 15) is 24.5 Å². The molecule has 0 saturated carbocycles. The van der Waals surface area contributed by atoms with Gasteiger partial charge in [-0.3, -0.25) is 24.5 Å². The lowest BCUT2D eigenvalue weighted by Gasteiger charge is -2.12. The minimum atomic E-state index is -0.689. The van der Waals surface area contributed by atoms with Crippen molar-refractivity contribution in [1.82, 2.24) is 10.3 Å². The number of thioether (sulfide) groups is 1. The maximum Gasteiger partial charge on any atom is 0.276 e. The Hall–Kier alpha value is -5.53. The summed E-state index contributed by atoms with van der Waals surface area (Å²) >= 11 is 2.62. The zero-order valence-electron chi connectivity index (χ0n) is 24.4. The van der Waals surface area contributed by atoms with Gasteiger partial charge in [-0.1, -0.05) is 47.7 Å². The van der Waals surface area contributed by atoms with E-state index in [2.05, 4.69) is 20.9 Å². The summed E-state index contributed by atoms with van der Waals surface area (Å²) in [4.78, 5) is 55.2. The average molecular weight is 654 g/mol. The van der Waals surface area contributed by atoms with E-state index in [1.54, 1.807) is 60.7 Å². The molecular formula is C33H27N5O6S2. The van der Waals surface area contributed by atoms with Gasteiger partial charge < -0.3 is 20.7 Å². The fourth-order valence-corrected chi connectivity index (χ4v) is 5.92. The standard InChI is InChI=1S/C33H27N5O6S2/c1-2-44-24-15-16-26-29(19-24)46-33(36-26)37-30(39)20-45-25-13-8-12-23(18-25)34-32(41)27(35-31(40)21-9-4-3-5-10-21)17-22-11-6-7-14-28(22)38(42)43/h3-19H,2,20H2,1H3,(H,34,41)(H,35,40)(H,36,37,39)/b27-17+. The lowest BCUT2D eigenvalue weighted by molar-refractivity contribution is -0.385. The molecular weight excluding hydrogens is 627 g/mol. The number of rotatable bonds is 12. The quantitative estimate of drug-likeness (QED) is 0.0579. The third kappa shape index (κ3) is 8.34. The molecule has 0 aliphatic carbocycles. The van der Waals surface area contributed by atoms with E-state index in [1.807, 2.05) is 25.1 Å². The number of hydrogen-bond donors (Lipinski definition) is 3. The number of carbonyl (C=O) groups excluding carboxylic acids is 3. The van der Waals surface area contributed by atoms with Crippen molar-refractivity contribution >= 4 is 73.6 Å². The molecule has 46 heavy (non-hydrogen) atoms. The molecule has 13 heteroatoms. The normalized spacial score (nSPS) is 11.1. The molecule has 1 heterocycles. The molecule has 3 N–H and O–H groups in total. The van der Waals surface area contributed by atoms with Gasteiger partial charge in [0.15, 0.2) is 5.13 Å². The van der Waals surface area contributed by atoms with Gasteiger partial charge in [0, 0.05) is 22.2 Å². The van der Waals surface area contributed by atoms with Gasteiger partial charge >= 0.3 is 0 Å². The zero-order chi connectivity index (χ0) is 32.5. The van der Waals surface area contributed by atoms with Crippen molar-refractivity contribution in [3.05, 3.63) is 124 Å². The van der Waals surface area contributed by atoms with Crippen LogP contribution in [0.5, 0.6) is 5.75 Å². The molecule has 4 aromatic carbocycles. The minimum Gasteiger partial charge on any atom is -0.494 e. The van der Waals surface area contributed by atoms with E-state index >= 15 is 0 Å².